The minimum absolute atomic E-state index is 0. The average Bonchev–Trinajstić information content (AvgIpc) is 2.13. The summed E-state index contributed by atoms with van der Waals surface area (Å²) in [5.41, 5.74) is 0. The first kappa shape index (κ1) is 10.4. The topological polar surface area (TPSA) is 75.7 Å². The summed E-state index contributed by atoms with van der Waals surface area (Å²) in [6.45, 7) is 1.55. The number of ether oxygens (including phenoxy) is 1. The van der Waals surface area contributed by atoms with Gasteiger partial charge in [0.15, 0.2) is 0 Å². The number of epoxide rings is 1. The first-order chi connectivity index (χ1) is 3.52. The molecular weight excluding hydrogens is 171 g/mol. The van der Waals surface area contributed by atoms with Crippen LogP contribution in [-0.2, 0) is 9.30 Å². The molecule has 1 heterocycles. The Labute approximate surface area is 82.7 Å². The Kier molecular flexibility index (Phi) is 3.66. The molecule has 1 rings (SSSR count). The second-order valence-electron chi connectivity index (χ2n) is 1.77. The molecule has 48 valence electrons. The zero-order valence-electron chi connectivity index (χ0n) is 4.94. The van der Waals surface area contributed by atoms with Gasteiger partial charge in [0, 0.05) is 0 Å². The first-order valence-corrected chi connectivity index (χ1v) is 3.80. The fourth-order valence-corrected chi connectivity index (χ4v) is 1.36. The summed E-state index contributed by atoms with van der Waals surface area (Å²) in [5.74, 6) is -1.04. The SMILES string of the molecule is C[C@@H]1O[C@@H]1P(=O)([O-])[O-].[Ca+2]. The predicted octanol–water partition coefficient (Wildman–Crippen LogP) is -1.74. The molecule has 0 radical (unpaired) electrons. The fraction of sp³-hybridized carbons (Fsp3) is 1.00. The minimum Gasteiger partial charge on any atom is -0.809 e. The van der Waals surface area contributed by atoms with Gasteiger partial charge in [-0.3, -0.25) is 0 Å². The van der Waals surface area contributed by atoms with E-state index in [0.717, 1.165) is 0 Å². The van der Waals surface area contributed by atoms with E-state index < -0.39 is 13.4 Å². The maximum absolute atomic E-state index is 9.95. The van der Waals surface area contributed by atoms with Crippen LogP contribution >= 0.6 is 7.60 Å². The van der Waals surface area contributed by atoms with Crippen LogP contribution in [0.1, 0.15) is 6.92 Å². The second kappa shape index (κ2) is 3.18. The van der Waals surface area contributed by atoms with Crippen molar-refractivity contribution in [2.75, 3.05) is 0 Å². The van der Waals surface area contributed by atoms with Gasteiger partial charge in [-0.1, -0.05) is 0 Å². The molecule has 0 spiro atoms. The van der Waals surface area contributed by atoms with Gasteiger partial charge in [0.25, 0.3) is 0 Å². The van der Waals surface area contributed by atoms with Crippen molar-refractivity contribution in [1.82, 2.24) is 0 Å². The molecule has 0 saturated carbocycles. The third-order valence-electron chi connectivity index (χ3n) is 0.991. The summed E-state index contributed by atoms with van der Waals surface area (Å²) in [7, 11) is -4.40. The largest absolute Gasteiger partial charge is 2.00 e. The molecule has 1 aliphatic rings. The molecule has 0 aromatic heterocycles. The van der Waals surface area contributed by atoms with Gasteiger partial charge in [0.1, 0.15) is 5.85 Å². The summed E-state index contributed by atoms with van der Waals surface area (Å²) in [6, 6.07) is 0. The molecule has 0 aliphatic carbocycles. The Morgan fingerprint density at radius 1 is 1.56 bits per heavy atom. The minimum atomic E-state index is -4.40. The van der Waals surface area contributed by atoms with Crippen molar-refractivity contribution in [3.05, 3.63) is 0 Å². The van der Waals surface area contributed by atoms with E-state index in [1.165, 1.54) is 0 Å². The summed E-state index contributed by atoms with van der Waals surface area (Å²) in [5, 5.41) is 0. The van der Waals surface area contributed by atoms with Crippen LogP contribution in [-0.4, -0.2) is 49.7 Å². The Hall–Kier alpha value is 1.37. The molecule has 0 bridgehead atoms. The van der Waals surface area contributed by atoms with Crippen molar-refractivity contribution in [3.8, 4) is 0 Å². The predicted molar refractivity (Wildman–Crippen MR) is 27.7 cm³/mol. The van der Waals surface area contributed by atoms with Crippen LogP contribution < -0.4 is 9.79 Å². The van der Waals surface area contributed by atoms with E-state index in [2.05, 4.69) is 4.74 Å². The standard InChI is InChI=1S/C3H7O4P.Ca/c1-2-3(7-2)8(4,5)6;/h2-3H,1H3,(H2,4,5,6);/q;+2/p-2/t2-,3+;/m0./s1. The third kappa shape index (κ3) is 2.85. The van der Waals surface area contributed by atoms with Crippen molar-refractivity contribution in [2.45, 2.75) is 18.9 Å². The van der Waals surface area contributed by atoms with E-state index >= 15 is 0 Å². The van der Waals surface area contributed by atoms with Gasteiger partial charge < -0.3 is 19.1 Å². The van der Waals surface area contributed by atoms with Crippen molar-refractivity contribution in [2.24, 2.45) is 0 Å². The summed E-state index contributed by atoms with van der Waals surface area (Å²) in [4.78, 5) is 19.9. The molecule has 0 amide bonds. The molecule has 1 aliphatic heterocycles. The van der Waals surface area contributed by atoms with E-state index in [9.17, 15) is 14.4 Å². The monoisotopic (exact) mass is 176 g/mol. The van der Waals surface area contributed by atoms with E-state index in [4.69, 9.17) is 0 Å². The third-order valence-corrected chi connectivity index (χ3v) is 2.16. The Bertz CT molecular complexity index is 143. The van der Waals surface area contributed by atoms with Crippen LogP contribution in [0, 0.1) is 0 Å². The molecule has 4 nitrogen and oxygen atoms in total. The fourth-order valence-electron chi connectivity index (χ4n) is 0.506. The molecule has 6 heteroatoms. The van der Waals surface area contributed by atoms with Gasteiger partial charge in [-0.05, 0) is 14.5 Å². The Morgan fingerprint density at radius 3 is 1.89 bits per heavy atom. The maximum Gasteiger partial charge on any atom is 2.00 e. The first-order valence-electron chi connectivity index (χ1n) is 2.19. The Morgan fingerprint density at radius 2 is 1.89 bits per heavy atom. The van der Waals surface area contributed by atoms with Crippen LogP contribution in [0.5, 0.6) is 0 Å². The molecule has 0 N–H and O–H groups in total. The van der Waals surface area contributed by atoms with E-state index in [-0.39, 0.29) is 43.8 Å². The smallest absolute Gasteiger partial charge is 0.809 e. The van der Waals surface area contributed by atoms with Crippen molar-refractivity contribution in [1.29, 1.82) is 0 Å². The molecule has 1 saturated heterocycles. The molecule has 2 atom stereocenters. The average molecular weight is 176 g/mol. The second-order valence-corrected chi connectivity index (χ2v) is 3.36. The zero-order valence-corrected chi connectivity index (χ0v) is 8.04. The van der Waals surface area contributed by atoms with Crippen LogP contribution in [0.2, 0.25) is 0 Å². The van der Waals surface area contributed by atoms with Gasteiger partial charge >= 0.3 is 37.7 Å². The van der Waals surface area contributed by atoms with Crippen LogP contribution in [0.25, 0.3) is 0 Å². The van der Waals surface area contributed by atoms with Gasteiger partial charge in [0.2, 0.25) is 0 Å². The van der Waals surface area contributed by atoms with Gasteiger partial charge in [-0.25, -0.2) is 0 Å². The van der Waals surface area contributed by atoms with Crippen LogP contribution in [0.15, 0.2) is 0 Å². The number of rotatable bonds is 1. The van der Waals surface area contributed by atoms with Gasteiger partial charge in [0.05, 0.1) is 6.10 Å². The normalized spacial score (nSPS) is 33.2. The summed E-state index contributed by atoms with van der Waals surface area (Å²) >= 11 is 0. The molecule has 9 heavy (non-hydrogen) atoms. The van der Waals surface area contributed by atoms with Gasteiger partial charge in [-0.15, -0.1) is 0 Å². The Balaban J connectivity index is 0.000000640. The quantitative estimate of drug-likeness (QED) is 0.270. The number of hydrogen-bond donors (Lipinski definition) is 0. The van der Waals surface area contributed by atoms with Crippen molar-refractivity contribution >= 4 is 45.3 Å². The maximum atomic E-state index is 9.95. The molecule has 0 unspecified atom stereocenters. The van der Waals surface area contributed by atoms with Crippen LogP contribution in [0.4, 0.5) is 0 Å². The van der Waals surface area contributed by atoms with Gasteiger partial charge in [-0.2, -0.15) is 0 Å². The van der Waals surface area contributed by atoms with E-state index in [0.29, 0.717) is 0 Å². The summed E-state index contributed by atoms with van der Waals surface area (Å²) in [6.07, 6.45) is -0.379. The molecule has 1 fully saturated rings. The summed E-state index contributed by atoms with van der Waals surface area (Å²) < 4.78 is 14.3. The van der Waals surface area contributed by atoms with E-state index in [1.54, 1.807) is 6.92 Å². The zero-order chi connectivity index (χ0) is 6.36. The van der Waals surface area contributed by atoms with Crippen molar-refractivity contribution < 1.29 is 19.1 Å². The number of hydrogen-bond acceptors (Lipinski definition) is 4. The molecular formula is C3H5CaO4P. The molecule has 0 aromatic carbocycles. The van der Waals surface area contributed by atoms with Crippen LogP contribution in [0.3, 0.4) is 0 Å². The van der Waals surface area contributed by atoms with E-state index in [1.807, 2.05) is 0 Å². The van der Waals surface area contributed by atoms with Crippen molar-refractivity contribution in [3.63, 3.8) is 0 Å². The molecule has 0 aromatic rings.